The molecule has 0 fully saturated rings. The minimum atomic E-state index is -1.34. The normalized spacial score (nSPS) is 12.5. The Morgan fingerprint density at radius 1 is 1.43 bits per heavy atom. The van der Waals surface area contributed by atoms with Crippen molar-refractivity contribution >= 4 is 11.8 Å². The molecule has 23 heavy (non-hydrogen) atoms. The van der Waals surface area contributed by atoms with E-state index in [0.29, 0.717) is 0 Å². The Hall–Kier alpha value is -2.13. The highest BCUT2D eigenvalue weighted by Crippen LogP contribution is 2.29. The van der Waals surface area contributed by atoms with E-state index in [1.807, 2.05) is 0 Å². The summed E-state index contributed by atoms with van der Waals surface area (Å²) in [7, 11) is 0. The molecule has 0 aliphatic carbocycles. The molecule has 9 heteroatoms. The molecule has 0 aliphatic heterocycles. The van der Waals surface area contributed by atoms with E-state index >= 15 is 0 Å². The predicted molar refractivity (Wildman–Crippen MR) is 78.3 cm³/mol. The Bertz CT molecular complexity index is 561. The average molecular weight is 333 g/mol. The van der Waals surface area contributed by atoms with Gasteiger partial charge in [-0.2, -0.15) is 0 Å². The van der Waals surface area contributed by atoms with Gasteiger partial charge in [-0.15, -0.1) is 0 Å². The van der Waals surface area contributed by atoms with Gasteiger partial charge in [0, 0.05) is 0 Å². The standard InChI is InChI=1S/C14H19F2N2O5/c1-8(17-13(19)23-14(2,3)4)7-22-12-9(15)5-6-10(11(12)16)18(20)21/h5-6,8,20H,7H2,1-4H3,(H,17,19)/q-1/t8-/m0/s1. The van der Waals surface area contributed by atoms with Crippen LogP contribution in [0.25, 0.3) is 0 Å². The van der Waals surface area contributed by atoms with E-state index < -0.39 is 46.0 Å². The zero-order chi connectivity index (χ0) is 17.8. The number of carbonyl (C=O) groups is 1. The topological polar surface area (TPSA) is 94.1 Å². The van der Waals surface area contributed by atoms with E-state index in [9.17, 15) is 18.8 Å². The maximum atomic E-state index is 13.8. The second-order valence-electron chi connectivity index (χ2n) is 5.84. The van der Waals surface area contributed by atoms with Gasteiger partial charge in [-0.1, -0.05) is 0 Å². The van der Waals surface area contributed by atoms with Crippen LogP contribution < -0.4 is 15.3 Å². The fourth-order valence-corrected chi connectivity index (χ4v) is 1.56. The van der Waals surface area contributed by atoms with Gasteiger partial charge in [0.1, 0.15) is 12.2 Å². The predicted octanol–water partition coefficient (Wildman–Crippen LogP) is 2.95. The summed E-state index contributed by atoms with van der Waals surface area (Å²) in [5, 5.41) is 21.1. The van der Waals surface area contributed by atoms with E-state index in [-0.39, 0.29) is 6.61 Å². The lowest BCUT2D eigenvalue weighted by molar-refractivity contribution is 0.0493. The van der Waals surface area contributed by atoms with Crippen molar-refractivity contribution in [3.8, 4) is 5.75 Å². The van der Waals surface area contributed by atoms with Gasteiger partial charge in [0.2, 0.25) is 0 Å². The Balaban J connectivity index is 2.68. The van der Waals surface area contributed by atoms with Crippen LogP contribution in [0.3, 0.4) is 0 Å². The van der Waals surface area contributed by atoms with Crippen LogP contribution >= 0.6 is 0 Å². The number of amides is 1. The van der Waals surface area contributed by atoms with Crippen LogP contribution in [0.4, 0.5) is 19.3 Å². The molecular weight excluding hydrogens is 314 g/mol. The van der Waals surface area contributed by atoms with Crippen molar-refractivity contribution in [2.24, 2.45) is 0 Å². The molecule has 130 valence electrons. The van der Waals surface area contributed by atoms with Crippen LogP contribution in [-0.2, 0) is 4.74 Å². The first-order chi connectivity index (χ1) is 10.5. The third-order valence-corrected chi connectivity index (χ3v) is 2.48. The highest BCUT2D eigenvalue weighted by atomic mass is 19.1. The van der Waals surface area contributed by atoms with Crippen LogP contribution in [0.15, 0.2) is 12.1 Å². The average Bonchev–Trinajstić information content (AvgIpc) is 2.35. The van der Waals surface area contributed by atoms with Crippen LogP contribution in [0.5, 0.6) is 5.75 Å². The summed E-state index contributed by atoms with van der Waals surface area (Å²) >= 11 is 0. The summed E-state index contributed by atoms with van der Waals surface area (Å²) in [4.78, 5) is 11.5. The number of benzene rings is 1. The first-order valence-corrected chi connectivity index (χ1v) is 6.77. The molecule has 0 aliphatic rings. The number of anilines is 1. The van der Waals surface area contributed by atoms with Crippen LogP contribution in [0.2, 0.25) is 0 Å². The summed E-state index contributed by atoms with van der Waals surface area (Å²) in [5.41, 5.74) is -1.47. The third kappa shape index (κ3) is 5.87. The highest BCUT2D eigenvalue weighted by molar-refractivity contribution is 5.68. The zero-order valence-corrected chi connectivity index (χ0v) is 13.2. The van der Waals surface area contributed by atoms with Gasteiger partial charge in [-0.25, -0.2) is 13.6 Å². The van der Waals surface area contributed by atoms with Gasteiger partial charge in [0.15, 0.2) is 17.4 Å². The summed E-state index contributed by atoms with van der Waals surface area (Å²) in [6.45, 7) is 6.32. The van der Waals surface area contributed by atoms with Crippen LogP contribution in [0, 0.1) is 16.8 Å². The van der Waals surface area contributed by atoms with Gasteiger partial charge in [-0.3, -0.25) is 5.21 Å². The summed E-state index contributed by atoms with van der Waals surface area (Å²) in [6, 6.07) is 0.929. The molecule has 0 aromatic heterocycles. The first kappa shape index (κ1) is 18.9. The number of nitrogens with zero attached hydrogens (tertiary/aromatic N) is 1. The van der Waals surface area contributed by atoms with Gasteiger partial charge < -0.3 is 25.2 Å². The lowest BCUT2D eigenvalue weighted by atomic mass is 10.2. The molecule has 0 unspecified atom stereocenters. The molecule has 0 saturated heterocycles. The molecule has 1 aromatic carbocycles. The maximum Gasteiger partial charge on any atom is 0.407 e. The number of hydrogen-bond donors (Lipinski definition) is 2. The summed E-state index contributed by atoms with van der Waals surface area (Å²) in [5.74, 6) is -3.21. The largest absolute Gasteiger partial charge is 0.733 e. The molecule has 0 bridgehead atoms. The molecule has 0 radical (unpaired) electrons. The fraction of sp³-hybridized carbons (Fsp3) is 0.500. The molecule has 1 rings (SSSR count). The van der Waals surface area contributed by atoms with Gasteiger partial charge >= 0.3 is 6.09 Å². The Morgan fingerprint density at radius 3 is 2.57 bits per heavy atom. The Labute approximate surface area is 132 Å². The van der Waals surface area contributed by atoms with E-state index in [1.165, 1.54) is 6.92 Å². The molecular formula is C14H19F2N2O5-. The summed E-state index contributed by atoms with van der Waals surface area (Å²) in [6.07, 6.45) is -0.704. The van der Waals surface area contributed by atoms with Crippen molar-refractivity contribution in [1.29, 1.82) is 0 Å². The van der Waals surface area contributed by atoms with Crippen LogP contribution in [-0.4, -0.2) is 29.6 Å². The molecule has 0 heterocycles. The van der Waals surface area contributed by atoms with Crippen molar-refractivity contribution < 1.29 is 28.3 Å². The number of alkyl carbamates (subject to hydrolysis) is 1. The Kier molecular flexibility index (Phi) is 6.11. The summed E-state index contributed by atoms with van der Waals surface area (Å²) < 4.78 is 37.4. The minimum Gasteiger partial charge on any atom is -0.733 e. The number of rotatable bonds is 5. The first-order valence-electron chi connectivity index (χ1n) is 6.77. The molecule has 1 aromatic rings. The molecule has 1 amide bonds. The maximum absolute atomic E-state index is 13.8. The van der Waals surface area contributed by atoms with Crippen molar-refractivity contribution in [3.05, 3.63) is 29.0 Å². The number of hydrogen-bond acceptors (Lipinski definition) is 6. The smallest absolute Gasteiger partial charge is 0.407 e. The van der Waals surface area contributed by atoms with Crippen LogP contribution in [0.1, 0.15) is 27.7 Å². The number of nitrogens with one attached hydrogen (secondary N) is 1. The third-order valence-electron chi connectivity index (χ3n) is 2.48. The fourth-order valence-electron chi connectivity index (χ4n) is 1.56. The SMILES string of the molecule is C[C@@H](COc1c(F)ccc(N([O-])O)c1F)NC(=O)OC(C)(C)C. The highest BCUT2D eigenvalue weighted by Gasteiger charge is 2.20. The number of ether oxygens (including phenoxy) is 2. The Morgan fingerprint density at radius 2 is 2.04 bits per heavy atom. The van der Waals surface area contributed by atoms with Crippen molar-refractivity contribution in [3.63, 3.8) is 0 Å². The molecule has 0 saturated carbocycles. The van der Waals surface area contributed by atoms with Crippen molar-refractivity contribution in [1.82, 2.24) is 5.32 Å². The van der Waals surface area contributed by atoms with E-state index in [1.54, 1.807) is 20.8 Å². The second kappa shape index (κ2) is 7.42. The molecule has 7 nitrogen and oxygen atoms in total. The lowest BCUT2D eigenvalue weighted by Crippen LogP contribution is -2.40. The van der Waals surface area contributed by atoms with Gasteiger partial charge in [-0.05, 0) is 39.8 Å². The van der Waals surface area contributed by atoms with E-state index in [2.05, 4.69) is 5.32 Å². The minimum absolute atomic E-state index is 0.277. The van der Waals surface area contributed by atoms with Crippen molar-refractivity contribution in [2.45, 2.75) is 39.3 Å². The number of carbonyl (C=O) groups excluding carboxylic acids is 1. The molecule has 2 N–H and O–H groups in total. The van der Waals surface area contributed by atoms with Crippen molar-refractivity contribution in [2.75, 3.05) is 11.8 Å². The van der Waals surface area contributed by atoms with Gasteiger partial charge in [0.05, 0.1) is 11.7 Å². The molecule has 0 spiro atoms. The second-order valence-corrected chi connectivity index (χ2v) is 5.84. The van der Waals surface area contributed by atoms with E-state index in [4.69, 9.17) is 14.7 Å². The lowest BCUT2D eigenvalue weighted by Gasteiger charge is -2.24. The molecule has 1 atom stereocenters. The van der Waals surface area contributed by atoms with Gasteiger partial charge in [0.25, 0.3) is 0 Å². The van der Waals surface area contributed by atoms with E-state index in [0.717, 1.165) is 12.1 Å². The quantitative estimate of drug-likeness (QED) is 0.805. The zero-order valence-electron chi connectivity index (χ0n) is 13.2. The monoisotopic (exact) mass is 333 g/mol. The number of halogens is 2.